The van der Waals surface area contributed by atoms with Crippen LogP contribution in [-0.4, -0.2) is 48.9 Å². The Balaban J connectivity index is 1.63. The number of aryl methyl sites for hydroxylation is 1. The summed E-state index contributed by atoms with van der Waals surface area (Å²) in [6.45, 7) is 2.26. The van der Waals surface area contributed by atoms with Crippen molar-refractivity contribution in [3.05, 3.63) is 46.5 Å². The summed E-state index contributed by atoms with van der Waals surface area (Å²) in [4.78, 5) is 15.8. The predicted octanol–water partition coefficient (Wildman–Crippen LogP) is 5.01. The van der Waals surface area contributed by atoms with Crippen molar-refractivity contribution in [2.45, 2.75) is 37.6 Å². The fourth-order valence-electron chi connectivity index (χ4n) is 5.39. The van der Waals surface area contributed by atoms with Crippen LogP contribution in [0.2, 0.25) is 5.02 Å². The third-order valence-corrected chi connectivity index (χ3v) is 7.05. The van der Waals surface area contributed by atoms with Crippen LogP contribution in [0.25, 0.3) is 11.1 Å². The molecule has 3 heterocycles. The van der Waals surface area contributed by atoms with Gasteiger partial charge in [-0.25, -0.2) is 4.79 Å². The van der Waals surface area contributed by atoms with Gasteiger partial charge < -0.3 is 19.6 Å². The van der Waals surface area contributed by atoms with Gasteiger partial charge in [0.05, 0.1) is 12.1 Å². The predicted molar refractivity (Wildman–Crippen MR) is 114 cm³/mol. The van der Waals surface area contributed by atoms with Gasteiger partial charge in [0.15, 0.2) is 0 Å². The van der Waals surface area contributed by atoms with Gasteiger partial charge in [-0.3, -0.25) is 0 Å². The molecule has 1 saturated heterocycles. The van der Waals surface area contributed by atoms with Crippen molar-refractivity contribution < 1.29 is 14.6 Å². The molecule has 0 spiro atoms. The van der Waals surface area contributed by atoms with Crippen LogP contribution in [0.4, 0.5) is 10.5 Å². The Labute approximate surface area is 175 Å². The number of hydrogen-bond donors (Lipinski definition) is 1. The van der Waals surface area contributed by atoms with Crippen molar-refractivity contribution in [2.24, 2.45) is 0 Å². The lowest BCUT2D eigenvalue weighted by molar-refractivity contribution is 0.127. The number of piperidine rings is 1. The first kappa shape index (κ1) is 18.6. The highest BCUT2D eigenvalue weighted by atomic mass is 35.5. The van der Waals surface area contributed by atoms with Crippen LogP contribution < -0.4 is 9.64 Å². The van der Waals surface area contributed by atoms with Gasteiger partial charge in [-0.1, -0.05) is 11.6 Å². The number of anilines is 1. The zero-order chi connectivity index (χ0) is 20.1. The van der Waals surface area contributed by atoms with Crippen molar-refractivity contribution in [2.75, 3.05) is 31.6 Å². The molecule has 1 amide bonds. The molecule has 0 bridgehead atoms. The molecule has 3 aliphatic rings. The smallest absolute Gasteiger partial charge is 0.407 e. The minimum atomic E-state index is -0.815. The summed E-state index contributed by atoms with van der Waals surface area (Å²) in [5, 5.41) is 10.2. The van der Waals surface area contributed by atoms with Crippen LogP contribution in [0.5, 0.6) is 5.75 Å². The average Bonchev–Trinajstić information content (AvgIpc) is 2.88. The van der Waals surface area contributed by atoms with E-state index >= 15 is 0 Å². The Kier molecular flexibility index (Phi) is 4.58. The molecule has 152 valence electrons. The van der Waals surface area contributed by atoms with Crippen molar-refractivity contribution in [1.29, 1.82) is 0 Å². The number of benzene rings is 2. The number of likely N-dealkylation sites (tertiary alicyclic amines) is 1. The molecule has 2 atom stereocenters. The third kappa shape index (κ3) is 3.03. The number of carboxylic acid groups (broad SMARTS) is 1. The zero-order valence-corrected chi connectivity index (χ0v) is 17.3. The molecule has 0 saturated carbocycles. The SMILES string of the molecule is COc1ccc(-c2cc3c4c(c2)[C@@H]2CN(C(=O)O)CC[C@@H]2N4CCCC3)c(Cl)c1. The third-order valence-electron chi connectivity index (χ3n) is 6.73. The summed E-state index contributed by atoms with van der Waals surface area (Å²) in [6, 6.07) is 10.7. The molecular weight excluding hydrogens is 388 g/mol. The van der Waals surface area contributed by atoms with E-state index in [1.165, 1.54) is 29.7 Å². The van der Waals surface area contributed by atoms with Crippen LogP contribution in [0.15, 0.2) is 30.3 Å². The maximum atomic E-state index is 11.6. The van der Waals surface area contributed by atoms with Gasteiger partial charge in [-0.2, -0.15) is 0 Å². The van der Waals surface area contributed by atoms with E-state index in [0.29, 0.717) is 24.2 Å². The van der Waals surface area contributed by atoms with E-state index in [1.807, 2.05) is 18.2 Å². The van der Waals surface area contributed by atoms with Crippen molar-refractivity contribution in [3.63, 3.8) is 0 Å². The van der Waals surface area contributed by atoms with Gasteiger partial charge in [0, 0.05) is 42.8 Å². The van der Waals surface area contributed by atoms with Gasteiger partial charge in [-0.05, 0) is 72.7 Å². The van der Waals surface area contributed by atoms with E-state index in [2.05, 4.69) is 17.0 Å². The summed E-state index contributed by atoms with van der Waals surface area (Å²) in [6.07, 6.45) is 3.50. The number of fused-ring (bicyclic) bond motifs is 3. The van der Waals surface area contributed by atoms with E-state index < -0.39 is 6.09 Å². The average molecular weight is 413 g/mol. The van der Waals surface area contributed by atoms with Crippen molar-refractivity contribution >= 4 is 23.4 Å². The molecule has 6 heteroatoms. The lowest BCUT2D eigenvalue weighted by atomic mass is 9.86. The van der Waals surface area contributed by atoms with Crippen LogP contribution in [0.3, 0.4) is 0 Å². The molecule has 3 aliphatic heterocycles. The molecule has 29 heavy (non-hydrogen) atoms. The Morgan fingerprint density at radius 2 is 2.07 bits per heavy atom. The van der Waals surface area contributed by atoms with Crippen LogP contribution in [0, 0.1) is 0 Å². The summed E-state index contributed by atoms with van der Waals surface area (Å²) >= 11 is 6.59. The number of nitrogens with zero attached hydrogens (tertiary/aromatic N) is 2. The maximum absolute atomic E-state index is 11.6. The normalized spacial score (nSPS) is 22.7. The first-order chi connectivity index (χ1) is 14.1. The molecule has 0 radical (unpaired) electrons. The summed E-state index contributed by atoms with van der Waals surface area (Å²) in [5.41, 5.74) is 6.14. The first-order valence-corrected chi connectivity index (χ1v) is 10.7. The summed E-state index contributed by atoms with van der Waals surface area (Å²) in [7, 11) is 1.64. The zero-order valence-electron chi connectivity index (χ0n) is 16.5. The second kappa shape index (κ2) is 7.13. The highest BCUT2D eigenvalue weighted by Gasteiger charge is 2.44. The summed E-state index contributed by atoms with van der Waals surface area (Å²) < 4.78 is 5.30. The molecule has 0 unspecified atom stereocenters. The second-order valence-corrected chi connectivity index (χ2v) is 8.67. The van der Waals surface area contributed by atoms with E-state index in [1.54, 1.807) is 12.0 Å². The number of carbonyl (C=O) groups is 1. The molecule has 2 aromatic carbocycles. The fraction of sp³-hybridized carbons (Fsp3) is 0.435. The highest BCUT2D eigenvalue weighted by molar-refractivity contribution is 6.33. The van der Waals surface area contributed by atoms with E-state index in [9.17, 15) is 9.90 Å². The molecule has 2 aromatic rings. The van der Waals surface area contributed by atoms with Crippen molar-refractivity contribution in [3.8, 4) is 16.9 Å². The number of amides is 1. The number of rotatable bonds is 2. The molecule has 5 rings (SSSR count). The fourth-order valence-corrected chi connectivity index (χ4v) is 5.67. The lowest BCUT2D eigenvalue weighted by Gasteiger charge is -2.37. The minimum Gasteiger partial charge on any atom is -0.497 e. The number of hydrogen-bond acceptors (Lipinski definition) is 3. The van der Waals surface area contributed by atoms with Gasteiger partial charge in [0.1, 0.15) is 5.75 Å². The van der Waals surface area contributed by atoms with E-state index in [0.717, 1.165) is 36.3 Å². The molecular formula is C23H25ClN2O3. The Hall–Kier alpha value is -2.40. The Bertz CT molecular complexity index is 977. The quantitative estimate of drug-likeness (QED) is 0.753. The Morgan fingerprint density at radius 3 is 2.83 bits per heavy atom. The first-order valence-electron chi connectivity index (χ1n) is 10.3. The maximum Gasteiger partial charge on any atom is 0.407 e. The monoisotopic (exact) mass is 412 g/mol. The largest absolute Gasteiger partial charge is 0.497 e. The minimum absolute atomic E-state index is 0.226. The molecule has 0 aliphatic carbocycles. The molecule has 5 nitrogen and oxygen atoms in total. The number of ether oxygens (including phenoxy) is 1. The standard InChI is InChI=1S/C23H25ClN2O3/c1-29-16-5-6-17(20(24)12-16)15-10-14-4-2-3-8-26-21-7-9-25(23(27)28)13-19(21)18(11-15)22(14)26/h5-6,10-12,19,21H,2-4,7-9,13H2,1H3,(H,27,28)/t19-,21-/m0/s1. The topological polar surface area (TPSA) is 53.0 Å². The highest BCUT2D eigenvalue weighted by Crippen LogP contribution is 2.50. The van der Waals surface area contributed by atoms with E-state index in [-0.39, 0.29) is 5.92 Å². The number of methoxy groups -OCH3 is 1. The molecule has 1 N–H and O–H groups in total. The molecule has 1 fully saturated rings. The second-order valence-electron chi connectivity index (χ2n) is 8.26. The number of halogens is 1. The molecule has 0 aromatic heterocycles. The van der Waals surface area contributed by atoms with Crippen LogP contribution in [-0.2, 0) is 6.42 Å². The van der Waals surface area contributed by atoms with Gasteiger partial charge in [0.25, 0.3) is 0 Å². The van der Waals surface area contributed by atoms with Crippen LogP contribution in [0.1, 0.15) is 36.3 Å². The van der Waals surface area contributed by atoms with Crippen molar-refractivity contribution in [1.82, 2.24) is 4.90 Å². The van der Waals surface area contributed by atoms with E-state index in [4.69, 9.17) is 16.3 Å². The summed E-state index contributed by atoms with van der Waals surface area (Å²) in [5.74, 6) is 0.970. The van der Waals surface area contributed by atoms with Gasteiger partial charge in [-0.15, -0.1) is 0 Å². The Morgan fingerprint density at radius 1 is 1.21 bits per heavy atom. The van der Waals surface area contributed by atoms with Gasteiger partial charge in [0.2, 0.25) is 0 Å². The van der Waals surface area contributed by atoms with Gasteiger partial charge >= 0.3 is 6.09 Å². The van der Waals surface area contributed by atoms with Crippen LogP contribution >= 0.6 is 11.6 Å². The lowest BCUT2D eigenvalue weighted by Crippen LogP contribution is -2.48.